The molecule has 0 aliphatic heterocycles. The molecule has 1 N–H and O–H groups in total. The summed E-state index contributed by atoms with van der Waals surface area (Å²) in [6.45, 7) is 0. The molecule has 0 saturated heterocycles. The Morgan fingerprint density at radius 3 is 2.72 bits per heavy atom. The third-order valence-electron chi connectivity index (χ3n) is 4.29. The average Bonchev–Trinajstić information content (AvgIpc) is 3.17. The Balaban J connectivity index is 1.63. The van der Waals surface area contributed by atoms with Crippen LogP contribution < -0.4 is 10.1 Å². The van der Waals surface area contributed by atoms with Crippen molar-refractivity contribution in [2.24, 2.45) is 0 Å². The van der Waals surface area contributed by atoms with Crippen molar-refractivity contribution in [3.8, 4) is 23.1 Å². The molecule has 4 rings (SSSR count). The fourth-order valence-corrected chi connectivity index (χ4v) is 2.95. The Bertz CT molecular complexity index is 1260. The lowest BCUT2D eigenvalue weighted by atomic mass is 10.2. The maximum absolute atomic E-state index is 12.7. The normalized spacial score (nSPS) is 10.5. The van der Waals surface area contributed by atoms with Crippen molar-refractivity contribution < 1.29 is 9.53 Å². The van der Waals surface area contributed by atoms with E-state index >= 15 is 0 Å². The van der Waals surface area contributed by atoms with Crippen LogP contribution in [0, 0.1) is 11.3 Å². The second-order valence-electron chi connectivity index (χ2n) is 6.16. The van der Waals surface area contributed by atoms with Crippen molar-refractivity contribution in [3.05, 3.63) is 77.1 Å². The van der Waals surface area contributed by atoms with Gasteiger partial charge in [-0.25, -0.2) is 9.50 Å². The second kappa shape index (κ2) is 7.62. The number of methoxy groups -OCH3 is 1. The number of halogens is 1. The second-order valence-corrected chi connectivity index (χ2v) is 6.60. The highest BCUT2D eigenvalue weighted by molar-refractivity contribution is 6.30. The van der Waals surface area contributed by atoms with Gasteiger partial charge in [0.25, 0.3) is 5.91 Å². The zero-order chi connectivity index (χ0) is 20.4. The molecule has 0 aliphatic carbocycles. The van der Waals surface area contributed by atoms with Crippen LogP contribution in [0.15, 0.2) is 60.9 Å². The predicted octanol–water partition coefficient (Wildman–Crippen LogP) is 4.18. The Morgan fingerprint density at radius 2 is 2.00 bits per heavy atom. The van der Waals surface area contributed by atoms with E-state index in [1.54, 1.807) is 41.0 Å². The molecule has 4 aromatic rings. The van der Waals surface area contributed by atoms with Gasteiger partial charge in [-0.3, -0.25) is 4.79 Å². The van der Waals surface area contributed by atoms with E-state index in [1.807, 2.05) is 24.3 Å². The molecule has 7 nitrogen and oxygen atoms in total. The monoisotopic (exact) mass is 403 g/mol. The van der Waals surface area contributed by atoms with Gasteiger partial charge in [0, 0.05) is 29.0 Å². The molecular formula is C21H14ClN5O2. The topological polar surface area (TPSA) is 92.3 Å². The summed E-state index contributed by atoms with van der Waals surface area (Å²) in [7, 11) is 1.49. The van der Waals surface area contributed by atoms with Gasteiger partial charge in [-0.15, -0.1) is 0 Å². The number of hydrogen-bond donors (Lipinski definition) is 1. The summed E-state index contributed by atoms with van der Waals surface area (Å²) in [5.74, 6) is 0.0619. The quantitative estimate of drug-likeness (QED) is 0.551. The highest BCUT2D eigenvalue weighted by Crippen LogP contribution is 2.26. The van der Waals surface area contributed by atoms with Crippen molar-refractivity contribution >= 4 is 28.8 Å². The first kappa shape index (κ1) is 18.5. The number of ether oxygens (including phenoxy) is 1. The van der Waals surface area contributed by atoms with Crippen LogP contribution in [0.25, 0.3) is 16.9 Å². The predicted molar refractivity (Wildman–Crippen MR) is 109 cm³/mol. The van der Waals surface area contributed by atoms with Crippen molar-refractivity contribution in [3.63, 3.8) is 0 Å². The number of carbonyl (C=O) groups excluding carboxylic acids is 1. The smallest absolute Gasteiger partial charge is 0.258 e. The lowest BCUT2D eigenvalue weighted by molar-refractivity contribution is 0.102. The van der Waals surface area contributed by atoms with Crippen LogP contribution in [-0.4, -0.2) is 27.6 Å². The summed E-state index contributed by atoms with van der Waals surface area (Å²) in [4.78, 5) is 17.0. The van der Waals surface area contributed by atoms with Gasteiger partial charge in [0.15, 0.2) is 5.65 Å². The van der Waals surface area contributed by atoms with Crippen LogP contribution in [0.2, 0.25) is 5.02 Å². The van der Waals surface area contributed by atoms with Gasteiger partial charge in [-0.05, 0) is 30.3 Å². The number of rotatable bonds is 4. The van der Waals surface area contributed by atoms with Gasteiger partial charge < -0.3 is 10.1 Å². The van der Waals surface area contributed by atoms with Crippen LogP contribution in [-0.2, 0) is 0 Å². The minimum Gasteiger partial charge on any atom is -0.495 e. The van der Waals surface area contributed by atoms with E-state index < -0.39 is 5.91 Å². The molecule has 0 spiro atoms. The number of aromatic nitrogens is 3. The third-order valence-corrected chi connectivity index (χ3v) is 4.54. The Morgan fingerprint density at radius 1 is 1.21 bits per heavy atom. The van der Waals surface area contributed by atoms with Crippen LogP contribution >= 0.6 is 11.6 Å². The molecule has 0 fully saturated rings. The SMILES string of the molecule is COc1ccc(C#N)cc1NC(=O)c1cnc2cc(-c3ccc(Cl)cc3)nn2c1. The van der Waals surface area contributed by atoms with Crippen molar-refractivity contribution in [2.45, 2.75) is 0 Å². The number of anilines is 1. The van der Waals surface area contributed by atoms with Gasteiger partial charge in [0.05, 0.1) is 35.7 Å². The standard InChI is InChI=1S/C21H14ClN5O2/c1-29-19-7-2-13(10-23)8-18(19)25-21(28)15-11-24-20-9-17(26-27(20)12-15)14-3-5-16(22)6-4-14/h2-9,11-12H,1H3,(H,25,28). The molecule has 2 heterocycles. The van der Waals surface area contributed by atoms with E-state index in [4.69, 9.17) is 21.6 Å². The maximum atomic E-state index is 12.7. The molecule has 0 saturated carbocycles. The molecule has 0 atom stereocenters. The van der Waals surface area contributed by atoms with Crippen LogP contribution in [0.4, 0.5) is 5.69 Å². The van der Waals surface area contributed by atoms with E-state index in [-0.39, 0.29) is 0 Å². The molecule has 1 amide bonds. The van der Waals surface area contributed by atoms with Crippen molar-refractivity contribution in [1.82, 2.24) is 14.6 Å². The minimum atomic E-state index is -0.392. The molecule has 2 aromatic carbocycles. The Labute approximate surface area is 171 Å². The van der Waals surface area contributed by atoms with Crippen LogP contribution in [0.5, 0.6) is 5.75 Å². The molecule has 2 aromatic heterocycles. The van der Waals surface area contributed by atoms with Gasteiger partial charge in [0.1, 0.15) is 5.75 Å². The number of benzene rings is 2. The van der Waals surface area contributed by atoms with Crippen molar-refractivity contribution in [2.75, 3.05) is 12.4 Å². The Kier molecular flexibility index (Phi) is 4.85. The summed E-state index contributed by atoms with van der Waals surface area (Å²) in [5, 5.41) is 17.0. The van der Waals surface area contributed by atoms with E-state index in [9.17, 15) is 4.79 Å². The molecule has 29 heavy (non-hydrogen) atoms. The van der Waals surface area contributed by atoms with Crippen LogP contribution in [0.1, 0.15) is 15.9 Å². The number of nitriles is 1. The Hall–Kier alpha value is -3.89. The van der Waals surface area contributed by atoms with Gasteiger partial charge in [-0.1, -0.05) is 23.7 Å². The minimum absolute atomic E-state index is 0.313. The van der Waals surface area contributed by atoms with Gasteiger partial charge in [-0.2, -0.15) is 10.4 Å². The van der Waals surface area contributed by atoms with E-state index in [1.165, 1.54) is 13.3 Å². The number of carbonyl (C=O) groups is 1. The first-order valence-corrected chi connectivity index (χ1v) is 8.96. The maximum Gasteiger partial charge on any atom is 0.258 e. The number of fused-ring (bicyclic) bond motifs is 1. The first-order valence-electron chi connectivity index (χ1n) is 8.58. The fourth-order valence-electron chi connectivity index (χ4n) is 2.83. The zero-order valence-corrected chi connectivity index (χ0v) is 16.0. The molecular weight excluding hydrogens is 390 g/mol. The summed E-state index contributed by atoms with van der Waals surface area (Å²) < 4.78 is 6.79. The van der Waals surface area contributed by atoms with Gasteiger partial charge in [0.2, 0.25) is 0 Å². The van der Waals surface area contributed by atoms with E-state index in [0.717, 1.165) is 11.3 Å². The fraction of sp³-hybridized carbons (Fsp3) is 0.0476. The molecule has 142 valence electrons. The average molecular weight is 404 g/mol. The summed E-state index contributed by atoms with van der Waals surface area (Å²) in [6.07, 6.45) is 3.07. The van der Waals surface area contributed by atoms with Gasteiger partial charge >= 0.3 is 0 Å². The van der Waals surface area contributed by atoms with Crippen LogP contribution in [0.3, 0.4) is 0 Å². The largest absolute Gasteiger partial charge is 0.495 e. The third kappa shape index (κ3) is 3.74. The lowest BCUT2D eigenvalue weighted by Gasteiger charge is -2.10. The van der Waals surface area contributed by atoms with Crippen molar-refractivity contribution in [1.29, 1.82) is 5.26 Å². The number of nitrogens with one attached hydrogen (secondary N) is 1. The molecule has 8 heteroatoms. The summed E-state index contributed by atoms with van der Waals surface area (Å²) in [5.41, 5.74) is 3.34. The molecule has 0 radical (unpaired) electrons. The molecule has 0 aliphatic rings. The molecule has 0 bridgehead atoms. The van der Waals surface area contributed by atoms with E-state index in [2.05, 4.69) is 15.4 Å². The summed E-state index contributed by atoms with van der Waals surface area (Å²) in [6, 6.07) is 16.0. The highest BCUT2D eigenvalue weighted by atomic mass is 35.5. The first-order chi connectivity index (χ1) is 14.1. The zero-order valence-electron chi connectivity index (χ0n) is 15.3. The number of hydrogen-bond acceptors (Lipinski definition) is 5. The highest BCUT2D eigenvalue weighted by Gasteiger charge is 2.13. The lowest BCUT2D eigenvalue weighted by Crippen LogP contribution is -2.14. The number of nitrogens with zero attached hydrogens (tertiary/aromatic N) is 4. The number of amides is 1. The summed E-state index contributed by atoms with van der Waals surface area (Å²) >= 11 is 5.93. The van der Waals surface area contributed by atoms with E-state index in [0.29, 0.717) is 33.2 Å². The molecule has 0 unspecified atom stereocenters.